The standard InChI is InChI=1S/C13H18ClNO/c1-9(2)12(8-15)13(16)7-10-4-3-5-11(14)6-10/h3-6,9,12H,7-8,15H2,1-2H3. The molecule has 0 bridgehead atoms. The van der Waals surface area contributed by atoms with Gasteiger partial charge in [0.2, 0.25) is 0 Å². The first-order valence-electron chi connectivity index (χ1n) is 5.51. The van der Waals surface area contributed by atoms with Gasteiger partial charge in [0.15, 0.2) is 0 Å². The van der Waals surface area contributed by atoms with Crippen LogP contribution in [-0.4, -0.2) is 12.3 Å². The third-order valence-electron chi connectivity index (χ3n) is 2.74. The van der Waals surface area contributed by atoms with Crippen LogP contribution in [0, 0.1) is 11.8 Å². The van der Waals surface area contributed by atoms with E-state index in [9.17, 15) is 4.79 Å². The molecule has 3 heteroatoms. The van der Waals surface area contributed by atoms with Gasteiger partial charge in [0, 0.05) is 23.9 Å². The Kier molecular flexibility index (Phi) is 4.97. The van der Waals surface area contributed by atoms with Crippen molar-refractivity contribution in [2.24, 2.45) is 17.6 Å². The molecule has 1 aromatic rings. The SMILES string of the molecule is CC(C)C(CN)C(=O)Cc1cccc(Cl)c1. The third kappa shape index (κ3) is 3.62. The van der Waals surface area contributed by atoms with Gasteiger partial charge in [0.05, 0.1) is 0 Å². The molecular formula is C13H18ClNO. The second kappa shape index (κ2) is 6.02. The molecule has 0 heterocycles. The number of nitrogens with two attached hydrogens (primary N) is 1. The molecule has 0 aromatic heterocycles. The molecule has 1 unspecified atom stereocenters. The Morgan fingerprint density at radius 3 is 2.62 bits per heavy atom. The number of benzene rings is 1. The molecule has 16 heavy (non-hydrogen) atoms. The highest BCUT2D eigenvalue weighted by Gasteiger charge is 2.20. The number of hydrogen-bond donors (Lipinski definition) is 1. The number of Topliss-reactive ketones (excluding diaryl/α,β-unsaturated/α-hetero) is 1. The summed E-state index contributed by atoms with van der Waals surface area (Å²) in [5.41, 5.74) is 6.57. The van der Waals surface area contributed by atoms with Gasteiger partial charge in [-0.3, -0.25) is 4.79 Å². The lowest BCUT2D eigenvalue weighted by Crippen LogP contribution is -2.29. The first-order valence-corrected chi connectivity index (χ1v) is 5.89. The van der Waals surface area contributed by atoms with Crippen molar-refractivity contribution >= 4 is 17.4 Å². The van der Waals surface area contributed by atoms with Crippen LogP contribution in [0.15, 0.2) is 24.3 Å². The van der Waals surface area contributed by atoms with E-state index in [4.69, 9.17) is 17.3 Å². The molecule has 0 saturated carbocycles. The fraction of sp³-hybridized carbons (Fsp3) is 0.462. The molecule has 0 aliphatic heterocycles. The quantitative estimate of drug-likeness (QED) is 0.859. The maximum Gasteiger partial charge on any atom is 0.141 e. The van der Waals surface area contributed by atoms with E-state index < -0.39 is 0 Å². The molecule has 0 aliphatic rings. The molecule has 1 atom stereocenters. The van der Waals surface area contributed by atoms with E-state index in [-0.39, 0.29) is 17.6 Å². The number of carbonyl (C=O) groups excluding carboxylic acids is 1. The lowest BCUT2D eigenvalue weighted by molar-refractivity contribution is -0.123. The van der Waals surface area contributed by atoms with Gasteiger partial charge < -0.3 is 5.73 Å². The van der Waals surface area contributed by atoms with Crippen LogP contribution < -0.4 is 5.73 Å². The fourth-order valence-electron chi connectivity index (χ4n) is 1.75. The summed E-state index contributed by atoms with van der Waals surface area (Å²) in [6.07, 6.45) is 0.417. The topological polar surface area (TPSA) is 43.1 Å². The van der Waals surface area contributed by atoms with Crippen LogP contribution in [0.3, 0.4) is 0 Å². The van der Waals surface area contributed by atoms with Gasteiger partial charge in [-0.2, -0.15) is 0 Å². The summed E-state index contributed by atoms with van der Waals surface area (Å²) in [5, 5.41) is 0.666. The average Bonchev–Trinajstić information content (AvgIpc) is 2.17. The minimum absolute atomic E-state index is 0.0565. The van der Waals surface area contributed by atoms with Crippen molar-refractivity contribution in [2.45, 2.75) is 20.3 Å². The minimum atomic E-state index is -0.0565. The predicted molar refractivity (Wildman–Crippen MR) is 67.5 cm³/mol. The van der Waals surface area contributed by atoms with Crippen LogP contribution in [-0.2, 0) is 11.2 Å². The summed E-state index contributed by atoms with van der Waals surface area (Å²) in [5.74, 6) is 0.426. The Bertz CT molecular complexity index is 363. The van der Waals surface area contributed by atoms with Crippen LogP contribution in [0.25, 0.3) is 0 Å². The summed E-state index contributed by atoms with van der Waals surface area (Å²) in [6.45, 7) is 4.46. The molecule has 0 amide bonds. The van der Waals surface area contributed by atoms with Crippen LogP contribution in [0.2, 0.25) is 5.02 Å². The minimum Gasteiger partial charge on any atom is -0.330 e. The molecule has 1 rings (SSSR count). The number of rotatable bonds is 5. The maximum absolute atomic E-state index is 12.0. The van der Waals surface area contributed by atoms with E-state index in [0.717, 1.165) is 5.56 Å². The van der Waals surface area contributed by atoms with Gasteiger partial charge in [-0.1, -0.05) is 37.6 Å². The molecule has 0 aliphatic carbocycles. The smallest absolute Gasteiger partial charge is 0.141 e. The van der Waals surface area contributed by atoms with Gasteiger partial charge in [-0.25, -0.2) is 0 Å². The molecule has 2 N–H and O–H groups in total. The van der Waals surface area contributed by atoms with Crippen molar-refractivity contribution in [1.29, 1.82) is 0 Å². The Morgan fingerprint density at radius 1 is 1.44 bits per heavy atom. The lowest BCUT2D eigenvalue weighted by atomic mass is 9.88. The Morgan fingerprint density at radius 2 is 2.12 bits per heavy atom. The predicted octanol–water partition coefficient (Wildman–Crippen LogP) is 2.68. The van der Waals surface area contributed by atoms with Crippen molar-refractivity contribution in [3.63, 3.8) is 0 Å². The van der Waals surface area contributed by atoms with Crippen LogP contribution in [0.5, 0.6) is 0 Å². The Balaban J connectivity index is 2.70. The molecule has 2 nitrogen and oxygen atoms in total. The van der Waals surface area contributed by atoms with Crippen molar-refractivity contribution in [1.82, 2.24) is 0 Å². The first-order chi connectivity index (χ1) is 7.54. The summed E-state index contributed by atoms with van der Waals surface area (Å²) in [4.78, 5) is 12.0. The van der Waals surface area contributed by atoms with Gasteiger partial charge in [0.25, 0.3) is 0 Å². The molecule has 1 aromatic carbocycles. The van der Waals surface area contributed by atoms with Crippen LogP contribution >= 0.6 is 11.6 Å². The van der Waals surface area contributed by atoms with Gasteiger partial charge >= 0.3 is 0 Å². The Hall–Kier alpha value is -0.860. The number of hydrogen-bond acceptors (Lipinski definition) is 2. The summed E-state index contributed by atoms with van der Waals surface area (Å²) in [7, 11) is 0. The largest absolute Gasteiger partial charge is 0.330 e. The van der Waals surface area contributed by atoms with E-state index in [2.05, 4.69) is 0 Å². The van der Waals surface area contributed by atoms with Gasteiger partial charge in [-0.05, 0) is 23.6 Å². The van der Waals surface area contributed by atoms with Crippen LogP contribution in [0.1, 0.15) is 19.4 Å². The normalized spacial score (nSPS) is 12.8. The van der Waals surface area contributed by atoms with Crippen molar-refractivity contribution in [3.8, 4) is 0 Å². The fourth-order valence-corrected chi connectivity index (χ4v) is 1.97. The van der Waals surface area contributed by atoms with E-state index >= 15 is 0 Å². The van der Waals surface area contributed by atoms with Crippen molar-refractivity contribution in [2.75, 3.05) is 6.54 Å². The van der Waals surface area contributed by atoms with E-state index in [1.807, 2.05) is 32.0 Å². The van der Waals surface area contributed by atoms with Crippen LogP contribution in [0.4, 0.5) is 0 Å². The summed E-state index contributed by atoms with van der Waals surface area (Å²) < 4.78 is 0. The van der Waals surface area contributed by atoms with E-state index in [0.29, 0.717) is 18.0 Å². The number of halogens is 1. The first kappa shape index (κ1) is 13.2. The molecule has 0 spiro atoms. The lowest BCUT2D eigenvalue weighted by Gasteiger charge is -2.17. The summed E-state index contributed by atoms with van der Waals surface area (Å²) in [6, 6.07) is 7.40. The van der Waals surface area contributed by atoms with Gasteiger partial charge in [0.1, 0.15) is 5.78 Å². The van der Waals surface area contributed by atoms with E-state index in [1.165, 1.54) is 0 Å². The third-order valence-corrected chi connectivity index (χ3v) is 2.97. The monoisotopic (exact) mass is 239 g/mol. The molecule has 0 fully saturated rings. The van der Waals surface area contributed by atoms with Crippen molar-refractivity contribution < 1.29 is 4.79 Å². The zero-order valence-corrected chi connectivity index (χ0v) is 10.5. The molecule has 0 radical (unpaired) electrons. The second-order valence-corrected chi connectivity index (χ2v) is 4.80. The average molecular weight is 240 g/mol. The highest BCUT2D eigenvalue weighted by Crippen LogP contribution is 2.16. The molecular weight excluding hydrogens is 222 g/mol. The highest BCUT2D eigenvalue weighted by molar-refractivity contribution is 6.30. The maximum atomic E-state index is 12.0. The van der Waals surface area contributed by atoms with E-state index in [1.54, 1.807) is 6.07 Å². The van der Waals surface area contributed by atoms with Crippen molar-refractivity contribution in [3.05, 3.63) is 34.9 Å². The zero-order chi connectivity index (χ0) is 12.1. The molecule has 0 saturated heterocycles. The summed E-state index contributed by atoms with van der Waals surface area (Å²) >= 11 is 5.87. The molecule has 88 valence electrons. The zero-order valence-electron chi connectivity index (χ0n) is 9.74. The number of carbonyl (C=O) groups is 1. The van der Waals surface area contributed by atoms with Gasteiger partial charge in [-0.15, -0.1) is 0 Å². The Labute approximate surface area is 102 Å². The number of ketones is 1. The highest BCUT2D eigenvalue weighted by atomic mass is 35.5. The second-order valence-electron chi connectivity index (χ2n) is 4.36.